The van der Waals surface area contributed by atoms with Crippen LogP contribution in [0.15, 0.2) is 40.9 Å². The van der Waals surface area contributed by atoms with Crippen LogP contribution in [0.1, 0.15) is 40.8 Å². The molecule has 0 aliphatic carbocycles. The summed E-state index contributed by atoms with van der Waals surface area (Å²) in [7, 11) is 0. The van der Waals surface area contributed by atoms with Crippen molar-refractivity contribution in [3.05, 3.63) is 68.7 Å². The standard InChI is InChI=1S/C19H24BrN/c1-5-21-19(12-16-8-6-7-13(2)9-16)17-10-15(4)18(20)11-14(17)3/h6-11,19,21H,5,12H2,1-4H3. The molecule has 21 heavy (non-hydrogen) atoms. The van der Waals surface area contributed by atoms with Crippen LogP contribution in [0.4, 0.5) is 0 Å². The van der Waals surface area contributed by atoms with E-state index in [-0.39, 0.29) is 0 Å². The molecule has 1 atom stereocenters. The molecule has 0 radical (unpaired) electrons. The summed E-state index contributed by atoms with van der Waals surface area (Å²) in [5, 5.41) is 3.64. The monoisotopic (exact) mass is 345 g/mol. The maximum Gasteiger partial charge on any atom is 0.0363 e. The van der Waals surface area contributed by atoms with E-state index >= 15 is 0 Å². The predicted molar refractivity (Wildman–Crippen MR) is 94.9 cm³/mol. The van der Waals surface area contributed by atoms with E-state index in [1.54, 1.807) is 0 Å². The molecular weight excluding hydrogens is 322 g/mol. The summed E-state index contributed by atoms with van der Waals surface area (Å²) >= 11 is 3.62. The lowest BCUT2D eigenvalue weighted by Crippen LogP contribution is -2.24. The van der Waals surface area contributed by atoms with E-state index in [9.17, 15) is 0 Å². The number of likely N-dealkylation sites (N-methyl/N-ethyl adjacent to an activating group) is 1. The highest BCUT2D eigenvalue weighted by atomic mass is 79.9. The van der Waals surface area contributed by atoms with Gasteiger partial charge in [0.25, 0.3) is 0 Å². The minimum atomic E-state index is 0.364. The molecule has 0 aromatic heterocycles. The lowest BCUT2D eigenvalue weighted by atomic mass is 9.93. The Morgan fingerprint density at radius 3 is 2.48 bits per heavy atom. The van der Waals surface area contributed by atoms with Crippen LogP contribution < -0.4 is 5.32 Å². The predicted octanol–water partition coefficient (Wildman–Crippen LogP) is 5.27. The molecule has 0 saturated heterocycles. The minimum Gasteiger partial charge on any atom is -0.310 e. The number of rotatable bonds is 5. The normalized spacial score (nSPS) is 12.4. The van der Waals surface area contributed by atoms with Crippen LogP contribution in [0, 0.1) is 20.8 Å². The molecule has 1 N–H and O–H groups in total. The summed E-state index contributed by atoms with van der Waals surface area (Å²) in [4.78, 5) is 0. The smallest absolute Gasteiger partial charge is 0.0363 e. The number of halogens is 1. The van der Waals surface area contributed by atoms with Gasteiger partial charge in [-0.15, -0.1) is 0 Å². The molecule has 1 unspecified atom stereocenters. The second-order valence-electron chi connectivity index (χ2n) is 5.76. The van der Waals surface area contributed by atoms with Gasteiger partial charge in [-0.1, -0.05) is 58.7 Å². The largest absolute Gasteiger partial charge is 0.310 e. The highest BCUT2D eigenvalue weighted by Crippen LogP contribution is 2.27. The fourth-order valence-electron chi connectivity index (χ4n) is 2.79. The minimum absolute atomic E-state index is 0.364. The van der Waals surface area contributed by atoms with Crippen LogP contribution in [0.25, 0.3) is 0 Å². The molecule has 0 aliphatic heterocycles. The molecule has 0 spiro atoms. The van der Waals surface area contributed by atoms with Crippen LogP contribution in [0.3, 0.4) is 0 Å². The van der Waals surface area contributed by atoms with Gasteiger partial charge in [0.15, 0.2) is 0 Å². The van der Waals surface area contributed by atoms with Gasteiger partial charge in [-0.05, 0) is 62.1 Å². The van der Waals surface area contributed by atoms with Gasteiger partial charge in [0, 0.05) is 10.5 Å². The highest BCUT2D eigenvalue weighted by molar-refractivity contribution is 9.10. The molecule has 2 heteroatoms. The highest BCUT2D eigenvalue weighted by Gasteiger charge is 2.15. The molecule has 0 aliphatic rings. The molecule has 2 rings (SSSR count). The van der Waals surface area contributed by atoms with Crippen molar-refractivity contribution in [3.8, 4) is 0 Å². The summed E-state index contributed by atoms with van der Waals surface area (Å²) in [5.74, 6) is 0. The van der Waals surface area contributed by atoms with Gasteiger partial charge in [0.05, 0.1) is 0 Å². The lowest BCUT2D eigenvalue weighted by Gasteiger charge is -2.22. The summed E-state index contributed by atoms with van der Waals surface area (Å²) in [5.41, 5.74) is 6.75. The maximum atomic E-state index is 3.64. The van der Waals surface area contributed by atoms with E-state index < -0.39 is 0 Å². The number of nitrogens with one attached hydrogen (secondary N) is 1. The Balaban J connectivity index is 2.33. The molecule has 0 saturated carbocycles. The fourth-order valence-corrected chi connectivity index (χ4v) is 3.25. The van der Waals surface area contributed by atoms with E-state index in [4.69, 9.17) is 0 Å². The zero-order chi connectivity index (χ0) is 15.4. The Hall–Kier alpha value is -1.12. The van der Waals surface area contributed by atoms with Crippen LogP contribution in [-0.4, -0.2) is 6.54 Å². The van der Waals surface area contributed by atoms with Crippen LogP contribution in [0.2, 0.25) is 0 Å². The van der Waals surface area contributed by atoms with E-state index in [0.717, 1.165) is 13.0 Å². The number of hydrogen-bond acceptors (Lipinski definition) is 1. The number of aryl methyl sites for hydroxylation is 3. The van der Waals surface area contributed by atoms with Gasteiger partial charge < -0.3 is 5.32 Å². The molecule has 2 aromatic rings. The van der Waals surface area contributed by atoms with Crippen molar-refractivity contribution in [3.63, 3.8) is 0 Å². The fraction of sp³-hybridized carbons (Fsp3) is 0.368. The van der Waals surface area contributed by atoms with Crippen LogP contribution in [-0.2, 0) is 6.42 Å². The Morgan fingerprint density at radius 2 is 1.81 bits per heavy atom. The van der Waals surface area contributed by atoms with Crippen LogP contribution >= 0.6 is 15.9 Å². The summed E-state index contributed by atoms with van der Waals surface area (Å²) in [6.45, 7) is 9.65. The van der Waals surface area contributed by atoms with Crippen molar-refractivity contribution in [1.29, 1.82) is 0 Å². The number of benzene rings is 2. The van der Waals surface area contributed by atoms with Gasteiger partial charge in [0.2, 0.25) is 0 Å². The zero-order valence-electron chi connectivity index (χ0n) is 13.3. The van der Waals surface area contributed by atoms with Gasteiger partial charge in [0.1, 0.15) is 0 Å². The lowest BCUT2D eigenvalue weighted by molar-refractivity contribution is 0.547. The second kappa shape index (κ2) is 7.24. The first-order valence-corrected chi connectivity index (χ1v) is 8.36. The number of hydrogen-bond donors (Lipinski definition) is 1. The molecule has 0 bridgehead atoms. The van der Waals surface area contributed by atoms with Gasteiger partial charge >= 0.3 is 0 Å². The average Bonchev–Trinajstić information content (AvgIpc) is 2.42. The summed E-state index contributed by atoms with van der Waals surface area (Å²) < 4.78 is 1.19. The van der Waals surface area contributed by atoms with Crippen molar-refractivity contribution in [2.24, 2.45) is 0 Å². The average molecular weight is 346 g/mol. The Kier molecular flexibility index (Phi) is 5.60. The molecular formula is C19H24BrN. The van der Waals surface area contributed by atoms with Crippen molar-refractivity contribution < 1.29 is 0 Å². The molecule has 1 nitrogen and oxygen atoms in total. The first-order chi connectivity index (χ1) is 10.0. The van der Waals surface area contributed by atoms with Crippen molar-refractivity contribution in [1.82, 2.24) is 5.32 Å². The summed E-state index contributed by atoms with van der Waals surface area (Å²) in [6, 6.07) is 13.7. The molecule has 0 amide bonds. The molecule has 2 aromatic carbocycles. The van der Waals surface area contributed by atoms with Gasteiger partial charge in [-0.25, -0.2) is 0 Å². The Labute approximate surface area is 136 Å². The SMILES string of the molecule is CCNC(Cc1cccc(C)c1)c1cc(C)c(Br)cc1C. The maximum absolute atomic E-state index is 3.64. The van der Waals surface area contributed by atoms with Crippen LogP contribution in [0.5, 0.6) is 0 Å². The zero-order valence-corrected chi connectivity index (χ0v) is 14.9. The van der Waals surface area contributed by atoms with Crippen molar-refractivity contribution in [2.45, 2.75) is 40.2 Å². The topological polar surface area (TPSA) is 12.0 Å². The molecule has 0 heterocycles. The third kappa shape index (κ3) is 4.18. The molecule has 112 valence electrons. The van der Waals surface area contributed by atoms with Gasteiger partial charge in [-0.3, -0.25) is 0 Å². The van der Waals surface area contributed by atoms with E-state index in [2.05, 4.69) is 85.3 Å². The third-order valence-corrected chi connectivity index (χ3v) is 4.75. The second-order valence-corrected chi connectivity index (χ2v) is 6.62. The first kappa shape index (κ1) is 16.3. The summed E-state index contributed by atoms with van der Waals surface area (Å²) in [6.07, 6.45) is 1.03. The van der Waals surface area contributed by atoms with E-state index in [0.29, 0.717) is 6.04 Å². The Morgan fingerprint density at radius 1 is 1.05 bits per heavy atom. The third-order valence-electron chi connectivity index (χ3n) is 3.90. The molecule has 0 fully saturated rings. The van der Waals surface area contributed by atoms with Crippen molar-refractivity contribution in [2.75, 3.05) is 6.54 Å². The quantitative estimate of drug-likeness (QED) is 0.778. The van der Waals surface area contributed by atoms with Crippen molar-refractivity contribution >= 4 is 15.9 Å². The Bertz CT molecular complexity index is 619. The van der Waals surface area contributed by atoms with E-state index in [1.807, 2.05) is 0 Å². The van der Waals surface area contributed by atoms with Gasteiger partial charge in [-0.2, -0.15) is 0 Å². The first-order valence-electron chi connectivity index (χ1n) is 7.56. The van der Waals surface area contributed by atoms with E-state index in [1.165, 1.54) is 32.3 Å².